The Morgan fingerprint density at radius 1 is 1.00 bits per heavy atom. The van der Waals surface area contributed by atoms with Crippen molar-refractivity contribution in [2.24, 2.45) is 0 Å². The van der Waals surface area contributed by atoms with Gasteiger partial charge in [0.2, 0.25) is 0 Å². The van der Waals surface area contributed by atoms with Crippen molar-refractivity contribution < 1.29 is 14.9 Å². The molecule has 0 fully saturated rings. The van der Waals surface area contributed by atoms with Crippen LogP contribution in [0.15, 0.2) is 47.8 Å². The van der Waals surface area contributed by atoms with Gasteiger partial charge in [-0.05, 0) is 35.7 Å². The number of rotatable bonds is 3. The highest BCUT2D eigenvalue weighted by Gasteiger charge is 2.07. The van der Waals surface area contributed by atoms with E-state index in [2.05, 4.69) is 0 Å². The minimum Gasteiger partial charge on any atom is -0.508 e. The fraction of sp³-hybridized carbons (Fsp3) is 0.0667. The van der Waals surface area contributed by atoms with Crippen molar-refractivity contribution in [1.82, 2.24) is 0 Å². The van der Waals surface area contributed by atoms with Gasteiger partial charge in [0.1, 0.15) is 23.9 Å². The van der Waals surface area contributed by atoms with Crippen molar-refractivity contribution in [3.63, 3.8) is 0 Å². The van der Waals surface area contributed by atoms with Gasteiger partial charge >= 0.3 is 0 Å². The van der Waals surface area contributed by atoms with E-state index in [0.29, 0.717) is 18.1 Å². The zero-order chi connectivity index (χ0) is 13.2. The smallest absolute Gasteiger partial charge is 0.133 e. The zero-order valence-electron chi connectivity index (χ0n) is 10.0. The van der Waals surface area contributed by atoms with Gasteiger partial charge in [-0.25, -0.2) is 0 Å². The molecule has 0 spiro atoms. The highest BCUT2D eigenvalue weighted by Crippen LogP contribution is 2.33. The molecule has 0 atom stereocenters. The normalized spacial score (nSPS) is 10.7. The molecule has 3 nitrogen and oxygen atoms in total. The summed E-state index contributed by atoms with van der Waals surface area (Å²) in [6.07, 6.45) is 0. The van der Waals surface area contributed by atoms with Gasteiger partial charge in [-0.2, -0.15) is 0 Å². The van der Waals surface area contributed by atoms with Gasteiger partial charge in [0.25, 0.3) is 0 Å². The Morgan fingerprint density at radius 3 is 2.58 bits per heavy atom. The van der Waals surface area contributed by atoms with E-state index in [1.54, 1.807) is 30.3 Å². The molecule has 0 saturated heterocycles. The zero-order valence-corrected chi connectivity index (χ0v) is 10.9. The first-order valence-corrected chi connectivity index (χ1v) is 6.72. The Hall–Kier alpha value is -2.20. The molecule has 0 bridgehead atoms. The summed E-state index contributed by atoms with van der Waals surface area (Å²) in [6.45, 7) is 0.439. The average molecular weight is 272 g/mol. The summed E-state index contributed by atoms with van der Waals surface area (Å²) < 4.78 is 6.55. The summed E-state index contributed by atoms with van der Waals surface area (Å²) in [4.78, 5) is 0. The first-order valence-electron chi connectivity index (χ1n) is 5.84. The maximum absolute atomic E-state index is 9.74. The molecule has 0 saturated carbocycles. The number of fused-ring (bicyclic) bond motifs is 1. The highest BCUT2D eigenvalue weighted by atomic mass is 32.1. The van der Waals surface area contributed by atoms with Gasteiger partial charge in [-0.15, -0.1) is 11.3 Å². The van der Waals surface area contributed by atoms with E-state index in [9.17, 15) is 10.2 Å². The molecule has 0 aliphatic heterocycles. The first-order chi connectivity index (χ1) is 9.24. The van der Waals surface area contributed by atoms with E-state index in [1.165, 1.54) is 11.3 Å². The van der Waals surface area contributed by atoms with Gasteiger partial charge in [0, 0.05) is 10.9 Å². The summed E-state index contributed by atoms with van der Waals surface area (Å²) in [5, 5.41) is 21.9. The molecule has 0 aliphatic rings. The Kier molecular flexibility index (Phi) is 3.01. The molecule has 96 valence electrons. The molecule has 0 radical (unpaired) electrons. The quantitative estimate of drug-likeness (QED) is 0.760. The lowest BCUT2D eigenvalue weighted by Crippen LogP contribution is -1.93. The Labute approximate surface area is 114 Å². The number of hydrogen-bond donors (Lipinski definition) is 2. The predicted molar refractivity (Wildman–Crippen MR) is 75.9 cm³/mol. The molecule has 1 aromatic heterocycles. The van der Waals surface area contributed by atoms with Gasteiger partial charge in [-0.3, -0.25) is 0 Å². The van der Waals surface area contributed by atoms with Crippen LogP contribution in [0.3, 0.4) is 0 Å². The summed E-state index contributed by atoms with van der Waals surface area (Å²) in [7, 11) is 0. The molecular weight excluding hydrogens is 260 g/mol. The molecule has 19 heavy (non-hydrogen) atoms. The second kappa shape index (κ2) is 4.82. The predicted octanol–water partition coefficient (Wildman–Crippen LogP) is 3.89. The number of phenols is 2. The maximum atomic E-state index is 9.74. The van der Waals surface area contributed by atoms with Crippen molar-refractivity contribution in [3.8, 4) is 17.2 Å². The SMILES string of the molecule is Oc1ccc(OCc2csc3c(O)cccc23)cc1. The van der Waals surface area contributed by atoms with Crippen molar-refractivity contribution >= 4 is 21.4 Å². The van der Waals surface area contributed by atoms with E-state index in [1.807, 2.05) is 17.5 Å². The fourth-order valence-electron chi connectivity index (χ4n) is 1.91. The van der Waals surface area contributed by atoms with E-state index >= 15 is 0 Å². The second-order valence-electron chi connectivity index (χ2n) is 4.20. The number of aromatic hydroxyl groups is 2. The van der Waals surface area contributed by atoms with Gasteiger partial charge < -0.3 is 14.9 Å². The molecule has 3 aromatic rings. The van der Waals surface area contributed by atoms with Crippen LogP contribution in [0.25, 0.3) is 10.1 Å². The Balaban J connectivity index is 1.82. The van der Waals surface area contributed by atoms with E-state index in [0.717, 1.165) is 15.6 Å². The van der Waals surface area contributed by atoms with Gasteiger partial charge in [-0.1, -0.05) is 12.1 Å². The minimum absolute atomic E-state index is 0.221. The third-order valence-electron chi connectivity index (χ3n) is 2.89. The molecule has 3 rings (SSSR count). The second-order valence-corrected chi connectivity index (χ2v) is 5.08. The van der Waals surface area contributed by atoms with Crippen molar-refractivity contribution in [2.45, 2.75) is 6.61 Å². The summed E-state index contributed by atoms with van der Waals surface area (Å²) >= 11 is 1.51. The number of thiophene rings is 1. The summed E-state index contributed by atoms with van der Waals surface area (Å²) in [5.74, 6) is 1.23. The Bertz CT molecular complexity index is 701. The summed E-state index contributed by atoms with van der Waals surface area (Å²) in [5.41, 5.74) is 1.05. The largest absolute Gasteiger partial charge is 0.508 e. The van der Waals surface area contributed by atoms with Crippen LogP contribution in [0.5, 0.6) is 17.2 Å². The lowest BCUT2D eigenvalue weighted by molar-refractivity contribution is 0.307. The first kappa shape index (κ1) is 11.9. The highest BCUT2D eigenvalue weighted by molar-refractivity contribution is 7.17. The van der Waals surface area contributed by atoms with Crippen LogP contribution in [0.2, 0.25) is 0 Å². The molecule has 2 aromatic carbocycles. The molecule has 4 heteroatoms. The van der Waals surface area contributed by atoms with E-state index in [-0.39, 0.29) is 5.75 Å². The third kappa shape index (κ3) is 2.35. The number of phenolic OH excluding ortho intramolecular Hbond substituents is 2. The van der Waals surface area contributed by atoms with Crippen LogP contribution in [-0.2, 0) is 6.61 Å². The maximum Gasteiger partial charge on any atom is 0.133 e. The van der Waals surface area contributed by atoms with Crippen LogP contribution < -0.4 is 4.74 Å². The lowest BCUT2D eigenvalue weighted by Gasteiger charge is -2.05. The van der Waals surface area contributed by atoms with Crippen LogP contribution in [-0.4, -0.2) is 10.2 Å². The van der Waals surface area contributed by atoms with Crippen LogP contribution >= 0.6 is 11.3 Å². The molecular formula is C15H12O3S. The molecule has 0 unspecified atom stereocenters. The third-order valence-corrected chi connectivity index (χ3v) is 3.96. The van der Waals surface area contributed by atoms with Gasteiger partial charge in [0.05, 0.1) is 4.70 Å². The van der Waals surface area contributed by atoms with Crippen molar-refractivity contribution in [3.05, 3.63) is 53.4 Å². The Morgan fingerprint density at radius 2 is 1.79 bits per heavy atom. The number of benzene rings is 2. The van der Waals surface area contributed by atoms with Crippen LogP contribution in [0.4, 0.5) is 0 Å². The van der Waals surface area contributed by atoms with Crippen LogP contribution in [0.1, 0.15) is 5.56 Å². The van der Waals surface area contributed by atoms with Crippen LogP contribution in [0, 0.1) is 0 Å². The topological polar surface area (TPSA) is 49.7 Å². The molecule has 0 aliphatic carbocycles. The molecule has 0 amide bonds. The van der Waals surface area contributed by atoms with Gasteiger partial charge in [0.15, 0.2) is 0 Å². The van der Waals surface area contributed by atoms with Crippen molar-refractivity contribution in [2.75, 3.05) is 0 Å². The molecule has 2 N–H and O–H groups in total. The van der Waals surface area contributed by atoms with E-state index < -0.39 is 0 Å². The lowest BCUT2D eigenvalue weighted by atomic mass is 10.2. The number of hydrogen-bond acceptors (Lipinski definition) is 4. The standard InChI is InChI=1S/C15H12O3S/c16-11-4-6-12(7-5-11)18-8-10-9-19-15-13(10)2-1-3-14(15)17/h1-7,9,16-17H,8H2. The van der Waals surface area contributed by atoms with E-state index in [4.69, 9.17) is 4.74 Å². The summed E-state index contributed by atoms with van der Waals surface area (Å²) in [6, 6.07) is 12.1. The minimum atomic E-state index is 0.221. The van der Waals surface area contributed by atoms with Crippen molar-refractivity contribution in [1.29, 1.82) is 0 Å². The monoisotopic (exact) mass is 272 g/mol. The molecule has 1 heterocycles. The average Bonchev–Trinajstić information content (AvgIpc) is 2.83. The fourth-order valence-corrected chi connectivity index (χ4v) is 2.88. The number of ether oxygens (including phenoxy) is 1.